The van der Waals surface area contributed by atoms with E-state index in [1.54, 1.807) is 6.92 Å². The van der Waals surface area contributed by atoms with Crippen molar-refractivity contribution in [3.63, 3.8) is 0 Å². The molecule has 0 bridgehead atoms. The van der Waals surface area contributed by atoms with E-state index >= 15 is 0 Å². The highest BCUT2D eigenvalue weighted by molar-refractivity contribution is 7.99. The number of thioether (sulfide) groups is 1. The molecule has 0 saturated carbocycles. The molecular weight excluding hydrogens is 334 g/mol. The number of nitrogens with zero attached hydrogens (tertiary/aromatic N) is 1. The van der Waals surface area contributed by atoms with Crippen molar-refractivity contribution in [2.24, 2.45) is 0 Å². The van der Waals surface area contributed by atoms with Gasteiger partial charge in [-0.25, -0.2) is 0 Å². The first-order valence-electron chi connectivity index (χ1n) is 8.18. The molecule has 0 unspecified atom stereocenters. The summed E-state index contributed by atoms with van der Waals surface area (Å²) in [4.78, 5) is 38.3. The number of likely N-dealkylation sites (tertiary alicyclic amines) is 1. The van der Waals surface area contributed by atoms with Crippen molar-refractivity contribution >= 4 is 29.4 Å². The van der Waals surface area contributed by atoms with E-state index in [1.807, 2.05) is 60.7 Å². The van der Waals surface area contributed by atoms with Gasteiger partial charge in [-0.2, -0.15) is 0 Å². The Labute approximate surface area is 151 Å². The maximum absolute atomic E-state index is 12.6. The Hall–Kier alpha value is -2.40. The molecule has 1 fully saturated rings. The van der Waals surface area contributed by atoms with Crippen molar-refractivity contribution in [2.75, 3.05) is 6.54 Å². The summed E-state index contributed by atoms with van der Waals surface area (Å²) in [5.74, 6) is -1.35. The summed E-state index contributed by atoms with van der Waals surface area (Å²) >= 11 is 1.47. The van der Waals surface area contributed by atoms with Crippen LogP contribution in [-0.2, 0) is 20.1 Å². The van der Waals surface area contributed by atoms with E-state index in [0.717, 1.165) is 16.0 Å². The molecule has 3 rings (SSSR count). The van der Waals surface area contributed by atoms with Gasteiger partial charge in [0.2, 0.25) is 11.7 Å². The molecule has 5 heteroatoms. The van der Waals surface area contributed by atoms with Crippen molar-refractivity contribution in [3.8, 4) is 0 Å². The molecule has 0 N–H and O–H groups in total. The van der Waals surface area contributed by atoms with Gasteiger partial charge in [-0.1, -0.05) is 60.7 Å². The van der Waals surface area contributed by atoms with Crippen LogP contribution in [-0.4, -0.2) is 34.3 Å². The first-order chi connectivity index (χ1) is 12.1. The highest BCUT2D eigenvalue weighted by Crippen LogP contribution is 2.28. The van der Waals surface area contributed by atoms with Crippen LogP contribution in [0.2, 0.25) is 0 Å². The van der Waals surface area contributed by atoms with Gasteiger partial charge in [0.1, 0.15) is 0 Å². The fourth-order valence-electron chi connectivity index (χ4n) is 2.85. The molecule has 1 aliphatic rings. The number of benzene rings is 2. The molecule has 0 aromatic heterocycles. The smallest absolute Gasteiger partial charge is 0.288 e. The van der Waals surface area contributed by atoms with Gasteiger partial charge in [-0.15, -0.1) is 11.8 Å². The Bertz CT molecular complexity index is 776. The van der Waals surface area contributed by atoms with Crippen LogP contribution >= 0.6 is 11.8 Å². The number of imide groups is 1. The first-order valence-corrected chi connectivity index (χ1v) is 9.23. The topological polar surface area (TPSA) is 54.5 Å². The zero-order chi connectivity index (χ0) is 17.8. The summed E-state index contributed by atoms with van der Waals surface area (Å²) in [7, 11) is 0. The van der Waals surface area contributed by atoms with Crippen molar-refractivity contribution in [1.82, 2.24) is 4.90 Å². The van der Waals surface area contributed by atoms with Crippen LogP contribution in [0.1, 0.15) is 24.0 Å². The molecule has 2 amide bonds. The SMILES string of the molecule is C[C@@H](SCc1ccccc1)C(=O)N1C[C@@H](c2ccccc2)C(=O)C1=O. The van der Waals surface area contributed by atoms with Gasteiger partial charge in [0.15, 0.2) is 0 Å². The summed E-state index contributed by atoms with van der Waals surface area (Å²) < 4.78 is 0. The highest BCUT2D eigenvalue weighted by atomic mass is 32.2. The van der Waals surface area contributed by atoms with Crippen LogP contribution in [0.4, 0.5) is 0 Å². The normalized spacial score (nSPS) is 18.4. The number of carbonyl (C=O) groups is 3. The fraction of sp³-hybridized carbons (Fsp3) is 0.250. The minimum atomic E-state index is -0.689. The van der Waals surface area contributed by atoms with Crippen LogP contribution in [0, 0.1) is 0 Å². The lowest BCUT2D eigenvalue weighted by atomic mass is 9.97. The Morgan fingerprint density at radius 2 is 1.68 bits per heavy atom. The molecule has 1 heterocycles. The van der Waals surface area contributed by atoms with Gasteiger partial charge >= 0.3 is 0 Å². The molecule has 0 spiro atoms. The average Bonchev–Trinajstić information content (AvgIpc) is 2.96. The maximum atomic E-state index is 12.6. The summed E-state index contributed by atoms with van der Waals surface area (Å²) in [6, 6.07) is 19.0. The summed E-state index contributed by atoms with van der Waals surface area (Å²) in [6.45, 7) is 1.92. The van der Waals surface area contributed by atoms with Crippen LogP contribution in [0.25, 0.3) is 0 Å². The molecule has 0 radical (unpaired) electrons. The maximum Gasteiger partial charge on any atom is 0.297 e. The fourth-order valence-corrected chi connectivity index (χ4v) is 3.75. The number of Topliss-reactive ketones (excluding diaryl/α,β-unsaturated/α-hetero) is 1. The number of hydrogen-bond donors (Lipinski definition) is 0. The van der Waals surface area contributed by atoms with Crippen molar-refractivity contribution < 1.29 is 14.4 Å². The number of hydrogen-bond acceptors (Lipinski definition) is 4. The molecular formula is C20H19NO3S. The third-order valence-corrected chi connectivity index (χ3v) is 5.50. The van der Waals surface area contributed by atoms with Crippen LogP contribution in [0.5, 0.6) is 0 Å². The molecule has 128 valence electrons. The van der Waals surface area contributed by atoms with Crippen LogP contribution in [0.3, 0.4) is 0 Å². The predicted octanol–water partition coefficient (Wildman–Crippen LogP) is 3.03. The summed E-state index contributed by atoms with van der Waals surface area (Å²) in [5, 5.41) is -0.383. The van der Waals surface area contributed by atoms with Gasteiger partial charge < -0.3 is 0 Å². The van der Waals surface area contributed by atoms with Crippen molar-refractivity contribution in [3.05, 3.63) is 71.8 Å². The standard InChI is InChI=1S/C20H19NO3S/c1-14(25-13-15-8-4-2-5-9-15)19(23)21-12-17(18(22)20(21)24)16-10-6-3-7-11-16/h2-11,14,17H,12-13H2,1H3/t14-,17+/m1/s1. The van der Waals surface area contributed by atoms with Crippen LogP contribution < -0.4 is 0 Å². The lowest BCUT2D eigenvalue weighted by molar-refractivity contribution is -0.146. The summed E-state index contributed by atoms with van der Waals surface area (Å²) in [6.07, 6.45) is 0. The zero-order valence-electron chi connectivity index (χ0n) is 13.9. The second-order valence-electron chi connectivity index (χ2n) is 6.02. The molecule has 1 saturated heterocycles. The molecule has 2 atom stereocenters. The van der Waals surface area contributed by atoms with E-state index in [1.165, 1.54) is 11.8 Å². The zero-order valence-corrected chi connectivity index (χ0v) is 14.7. The largest absolute Gasteiger partial charge is 0.297 e. The van der Waals surface area contributed by atoms with Gasteiger partial charge in [0.25, 0.3) is 5.91 Å². The van der Waals surface area contributed by atoms with E-state index in [4.69, 9.17) is 0 Å². The lowest BCUT2D eigenvalue weighted by Crippen LogP contribution is -2.38. The van der Waals surface area contributed by atoms with Gasteiger partial charge in [0, 0.05) is 12.3 Å². The second-order valence-corrected chi connectivity index (χ2v) is 7.35. The van der Waals surface area contributed by atoms with E-state index < -0.39 is 17.6 Å². The Morgan fingerprint density at radius 1 is 1.08 bits per heavy atom. The minimum absolute atomic E-state index is 0.136. The monoisotopic (exact) mass is 353 g/mol. The van der Waals surface area contributed by atoms with Crippen LogP contribution in [0.15, 0.2) is 60.7 Å². The number of ketones is 1. The lowest BCUT2D eigenvalue weighted by Gasteiger charge is -2.18. The third-order valence-electron chi connectivity index (χ3n) is 4.30. The molecule has 1 aliphatic heterocycles. The number of carbonyl (C=O) groups excluding carboxylic acids is 3. The second kappa shape index (κ2) is 7.66. The first kappa shape index (κ1) is 17.4. The van der Waals surface area contributed by atoms with Crippen molar-refractivity contribution in [1.29, 1.82) is 0 Å². The Balaban J connectivity index is 1.65. The minimum Gasteiger partial charge on any atom is -0.288 e. The van der Waals surface area contributed by atoms with Crippen molar-refractivity contribution in [2.45, 2.75) is 23.8 Å². The van der Waals surface area contributed by atoms with E-state index in [9.17, 15) is 14.4 Å². The Morgan fingerprint density at radius 3 is 2.32 bits per heavy atom. The van der Waals surface area contributed by atoms with E-state index in [-0.39, 0.29) is 17.7 Å². The van der Waals surface area contributed by atoms with Gasteiger partial charge in [0.05, 0.1) is 11.2 Å². The number of amides is 2. The quantitative estimate of drug-likeness (QED) is 0.776. The number of rotatable bonds is 5. The predicted molar refractivity (Wildman–Crippen MR) is 98.1 cm³/mol. The molecule has 2 aromatic rings. The van der Waals surface area contributed by atoms with E-state index in [2.05, 4.69) is 0 Å². The van der Waals surface area contributed by atoms with Gasteiger partial charge in [-0.3, -0.25) is 19.3 Å². The van der Waals surface area contributed by atoms with Gasteiger partial charge in [-0.05, 0) is 18.1 Å². The highest BCUT2D eigenvalue weighted by Gasteiger charge is 2.43. The average molecular weight is 353 g/mol. The summed E-state index contributed by atoms with van der Waals surface area (Å²) in [5.41, 5.74) is 1.90. The molecule has 25 heavy (non-hydrogen) atoms. The molecule has 4 nitrogen and oxygen atoms in total. The molecule has 2 aromatic carbocycles. The third kappa shape index (κ3) is 3.82. The molecule has 0 aliphatic carbocycles. The Kier molecular flexibility index (Phi) is 5.34. The van der Waals surface area contributed by atoms with E-state index in [0.29, 0.717) is 5.75 Å².